The highest BCUT2D eigenvalue weighted by molar-refractivity contribution is 8.16. The van der Waals surface area contributed by atoms with Crippen LogP contribution >= 0.6 is 11.8 Å². The van der Waals surface area contributed by atoms with Gasteiger partial charge < -0.3 is 24.0 Å². The molecule has 3 aliphatic heterocycles. The van der Waals surface area contributed by atoms with Gasteiger partial charge in [-0.2, -0.15) is 0 Å². The van der Waals surface area contributed by atoms with E-state index in [2.05, 4.69) is 15.3 Å². The number of esters is 2. The molecule has 0 saturated carbocycles. The van der Waals surface area contributed by atoms with Crippen molar-refractivity contribution in [3.05, 3.63) is 46.5 Å². The van der Waals surface area contributed by atoms with Gasteiger partial charge >= 0.3 is 11.9 Å². The lowest BCUT2D eigenvalue weighted by atomic mass is 10.1. The average molecular weight is 401 g/mol. The maximum absolute atomic E-state index is 12.4. The Morgan fingerprint density at radius 2 is 1.86 bits per heavy atom. The number of hydrogen-bond acceptors (Lipinski definition) is 9. The number of methoxy groups -OCH3 is 2. The van der Waals surface area contributed by atoms with Crippen molar-refractivity contribution in [3.63, 3.8) is 0 Å². The quantitative estimate of drug-likeness (QED) is 0.707. The second-order valence-corrected chi connectivity index (χ2v) is 7.04. The van der Waals surface area contributed by atoms with Crippen LogP contribution in [0.1, 0.15) is 5.56 Å². The Morgan fingerprint density at radius 3 is 2.57 bits per heavy atom. The number of anilines is 1. The molecule has 4 rings (SSSR count). The Kier molecular flexibility index (Phi) is 5.10. The van der Waals surface area contributed by atoms with Crippen molar-refractivity contribution in [2.75, 3.05) is 45.5 Å². The monoisotopic (exact) mass is 401 g/mol. The number of amidine groups is 1. The fourth-order valence-electron chi connectivity index (χ4n) is 3.31. The summed E-state index contributed by atoms with van der Waals surface area (Å²) in [6.45, 7) is 1.82. The van der Waals surface area contributed by atoms with Crippen LogP contribution in [0.25, 0.3) is 5.70 Å². The topological polar surface area (TPSA) is 80.7 Å². The van der Waals surface area contributed by atoms with Crippen molar-refractivity contribution in [3.8, 4) is 0 Å². The van der Waals surface area contributed by atoms with Gasteiger partial charge in [0, 0.05) is 17.6 Å². The smallest absolute Gasteiger partial charge is 0.355 e. The Morgan fingerprint density at radius 1 is 1.11 bits per heavy atom. The first-order valence-corrected chi connectivity index (χ1v) is 9.56. The largest absolute Gasteiger partial charge is 0.466 e. The highest BCUT2D eigenvalue weighted by atomic mass is 32.2. The van der Waals surface area contributed by atoms with E-state index in [4.69, 9.17) is 14.2 Å². The van der Waals surface area contributed by atoms with Crippen molar-refractivity contribution in [1.82, 2.24) is 4.90 Å². The van der Waals surface area contributed by atoms with E-state index in [9.17, 15) is 9.59 Å². The van der Waals surface area contributed by atoms with Gasteiger partial charge in [0.2, 0.25) is 0 Å². The van der Waals surface area contributed by atoms with Crippen LogP contribution in [0, 0.1) is 0 Å². The van der Waals surface area contributed by atoms with Crippen LogP contribution < -0.4 is 4.90 Å². The molecule has 8 nitrogen and oxygen atoms in total. The molecule has 0 aliphatic carbocycles. The number of nitrogens with zero attached hydrogens (tertiary/aromatic N) is 3. The van der Waals surface area contributed by atoms with E-state index >= 15 is 0 Å². The summed E-state index contributed by atoms with van der Waals surface area (Å²) in [6, 6.07) is 7.73. The third kappa shape index (κ3) is 3.16. The molecule has 0 amide bonds. The number of carbonyl (C=O) groups excluding carboxylic acids is 2. The molecule has 0 unspecified atom stereocenters. The van der Waals surface area contributed by atoms with Crippen LogP contribution in [0.2, 0.25) is 0 Å². The average Bonchev–Trinajstić information content (AvgIpc) is 3.36. The first kappa shape index (κ1) is 18.6. The summed E-state index contributed by atoms with van der Waals surface area (Å²) in [7, 11) is 2.54. The van der Waals surface area contributed by atoms with E-state index in [1.54, 1.807) is 16.7 Å². The zero-order chi connectivity index (χ0) is 19.7. The molecule has 0 saturated heterocycles. The van der Waals surface area contributed by atoms with E-state index in [0.29, 0.717) is 5.69 Å². The lowest BCUT2D eigenvalue weighted by Crippen LogP contribution is -2.38. The van der Waals surface area contributed by atoms with Crippen molar-refractivity contribution in [2.45, 2.75) is 0 Å². The van der Waals surface area contributed by atoms with Gasteiger partial charge in [0.15, 0.2) is 5.17 Å². The van der Waals surface area contributed by atoms with Crippen LogP contribution in [-0.4, -0.2) is 62.7 Å². The minimum absolute atomic E-state index is 0.00707. The molecule has 3 aliphatic rings. The van der Waals surface area contributed by atoms with Crippen LogP contribution in [0.4, 0.5) is 5.69 Å². The number of rotatable bonds is 4. The highest BCUT2D eigenvalue weighted by Gasteiger charge is 2.33. The molecule has 1 aromatic carbocycles. The Hall–Kier alpha value is -2.78. The van der Waals surface area contributed by atoms with Crippen LogP contribution in [-0.2, 0) is 23.8 Å². The molecule has 0 fully saturated rings. The SMILES string of the molecule is COC(=O)C1=C(C(=O)OC)N(c2ccc(C3=CSC4=NCCN34)cc2)COC1. The molecule has 0 aromatic heterocycles. The van der Waals surface area contributed by atoms with Gasteiger partial charge in [0.05, 0.1) is 38.6 Å². The maximum atomic E-state index is 12.4. The Bertz CT molecular complexity index is 907. The first-order valence-electron chi connectivity index (χ1n) is 8.68. The number of fused-ring (bicyclic) bond motifs is 1. The highest BCUT2D eigenvalue weighted by Crippen LogP contribution is 2.36. The molecule has 0 radical (unpaired) electrons. The number of hydrogen-bond donors (Lipinski definition) is 0. The van der Waals surface area contributed by atoms with Gasteiger partial charge in [0.25, 0.3) is 0 Å². The molecule has 9 heteroatoms. The molecular formula is C19H19N3O5S. The number of carbonyl (C=O) groups is 2. The van der Waals surface area contributed by atoms with Crippen molar-refractivity contribution >= 4 is 40.3 Å². The van der Waals surface area contributed by atoms with E-state index < -0.39 is 11.9 Å². The third-order valence-corrected chi connectivity index (χ3v) is 5.58. The second-order valence-electron chi connectivity index (χ2n) is 6.20. The van der Waals surface area contributed by atoms with Gasteiger partial charge in [-0.25, -0.2) is 9.59 Å². The minimum atomic E-state index is -0.615. The van der Waals surface area contributed by atoms with Crippen molar-refractivity contribution in [2.24, 2.45) is 4.99 Å². The predicted molar refractivity (Wildman–Crippen MR) is 105 cm³/mol. The molecule has 0 N–H and O–H groups in total. The van der Waals surface area contributed by atoms with Crippen LogP contribution in [0.5, 0.6) is 0 Å². The normalized spacial score (nSPS) is 18.6. The van der Waals surface area contributed by atoms with Gasteiger partial charge in [0.1, 0.15) is 12.4 Å². The molecule has 0 atom stereocenters. The lowest BCUT2D eigenvalue weighted by molar-refractivity contribution is -0.140. The lowest BCUT2D eigenvalue weighted by Gasteiger charge is -2.31. The Labute approximate surface area is 166 Å². The van der Waals surface area contributed by atoms with Gasteiger partial charge in [-0.15, -0.1) is 0 Å². The van der Waals surface area contributed by atoms with Crippen molar-refractivity contribution < 1.29 is 23.8 Å². The fraction of sp³-hybridized carbons (Fsp3) is 0.316. The number of benzene rings is 1. The molecule has 28 heavy (non-hydrogen) atoms. The van der Waals surface area contributed by atoms with Gasteiger partial charge in [-0.3, -0.25) is 4.99 Å². The second kappa shape index (κ2) is 7.69. The molecular weight excluding hydrogens is 382 g/mol. The number of thioether (sulfide) groups is 1. The molecule has 146 valence electrons. The summed E-state index contributed by atoms with van der Waals surface area (Å²) in [5, 5.41) is 3.12. The van der Waals surface area contributed by atoms with E-state index in [1.165, 1.54) is 14.2 Å². The molecule has 1 aromatic rings. The molecule has 0 spiro atoms. The molecule has 3 heterocycles. The first-order chi connectivity index (χ1) is 13.6. The number of ether oxygens (including phenoxy) is 3. The van der Waals surface area contributed by atoms with Gasteiger partial charge in [-0.1, -0.05) is 23.9 Å². The maximum Gasteiger partial charge on any atom is 0.355 e. The van der Waals surface area contributed by atoms with Crippen LogP contribution in [0.3, 0.4) is 0 Å². The summed E-state index contributed by atoms with van der Waals surface area (Å²) in [5.41, 5.74) is 3.15. The summed E-state index contributed by atoms with van der Waals surface area (Å²) in [4.78, 5) is 32.7. The van der Waals surface area contributed by atoms with Gasteiger partial charge in [-0.05, 0) is 17.7 Å². The van der Waals surface area contributed by atoms with Crippen LogP contribution in [0.15, 0.2) is 45.9 Å². The van der Waals surface area contributed by atoms with E-state index in [1.807, 2.05) is 24.3 Å². The Balaban J connectivity index is 1.65. The summed E-state index contributed by atoms with van der Waals surface area (Å²) >= 11 is 1.62. The summed E-state index contributed by atoms with van der Waals surface area (Å²) in [5.74, 6) is -1.23. The number of aliphatic imine (C=N–C) groups is 1. The van der Waals surface area contributed by atoms with E-state index in [0.717, 1.165) is 29.5 Å². The standard InChI is InChI=1S/C19H19N3O5S/c1-25-17(23)14-9-27-11-22(16(14)18(24)26-2)13-5-3-12(4-6-13)15-10-28-19-20-7-8-21(15)19/h3-6,10H,7-9,11H2,1-2H3. The summed E-state index contributed by atoms with van der Waals surface area (Å²) in [6.07, 6.45) is 0. The molecule has 0 bridgehead atoms. The minimum Gasteiger partial charge on any atom is -0.466 e. The zero-order valence-electron chi connectivity index (χ0n) is 15.5. The third-order valence-electron chi connectivity index (χ3n) is 4.68. The zero-order valence-corrected chi connectivity index (χ0v) is 16.3. The van der Waals surface area contributed by atoms with E-state index in [-0.39, 0.29) is 24.6 Å². The predicted octanol–water partition coefficient (Wildman–Crippen LogP) is 1.80. The van der Waals surface area contributed by atoms with Crippen molar-refractivity contribution in [1.29, 1.82) is 0 Å². The summed E-state index contributed by atoms with van der Waals surface area (Å²) < 4.78 is 15.2. The fourth-order valence-corrected chi connectivity index (χ4v) is 4.27.